The summed E-state index contributed by atoms with van der Waals surface area (Å²) in [5.74, 6) is 0. The molecule has 0 fully saturated rings. The first-order valence-corrected chi connectivity index (χ1v) is 0.775. The minimum absolute atomic E-state index is 0. The third-order valence-corrected chi connectivity index (χ3v) is 0. The van der Waals surface area contributed by atoms with Crippen LogP contribution in [0.3, 0.4) is 0 Å². The maximum atomic E-state index is 7.17. The quantitative estimate of drug-likeness (QED) is 0.395. The molecule has 0 aromatic carbocycles. The Hall–Kier alpha value is 1.87. The predicted molar refractivity (Wildman–Crippen MR) is 19.6 cm³/mol. The molecule has 0 aliphatic rings. The first-order valence-electron chi connectivity index (χ1n) is 0.775. The van der Waals surface area contributed by atoms with Gasteiger partial charge in [-0.25, -0.2) is 0 Å². The van der Waals surface area contributed by atoms with Crippen LogP contribution in [0.4, 0.5) is 0 Å². The molecule has 6 heteroatoms. The molecule has 0 bridgehead atoms. The molecule has 0 aromatic rings. The van der Waals surface area contributed by atoms with Gasteiger partial charge in [0, 0.05) is 39.9 Å². The molecule has 0 unspecified atom stereocenters. The molecule has 6 heavy (non-hydrogen) atoms. The van der Waals surface area contributed by atoms with Crippen LogP contribution in [0.2, 0.25) is 0 Å². The fraction of sp³-hybridized carbons (Fsp3) is 0. The SMILES string of the molecule is OB(O)O.[Gd].[LiH]. The van der Waals surface area contributed by atoms with E-state index in [1.807, 2.05) is 0 Å². The van der Waals surface area contributed by atoms with Crippen molar-refractivity contribution in [2.24, 2.45) is 0 Å². The molecule has 0 saturated heterocycles. The van der Waals surface area contributed by atoms with E-state index in [1.165, 1.54) is 0 Å². The van der Waals surface area contributed by atoms with Gasteiger partial charge < -0.3 is 15.1 Å². The minimum atomic E-state index is -2.17. The van der Waals surface area contributed by atoms with Crippen LogP contribution in [0.25, 0.3) is 0 Å². The average molecular weight is 227 g/mol. The molecule has 3 nitrogen and oxygen atoms in total. The van der Waals surface area contributed by atoms with E-state index in [2.05, 4.69) is 0 Å². The molecule has 0 spiro atoms. The Bertz CT molecular complexity index is 15.5. The first-order chi connectivity index (χ1) is 1.73. The van der Waals surface area contributed by atoms with E-state index >= 15 is 0 Å². The van der Waals surface area contributed by atoms with Gasteiger partial charge in [0.1, 0.15) is 0 Å². The fourth-order valence-corrected chi connectivity index (χ4v) is 0. The van der Waals surface area contributed by atoms with Crippen molar-refractivity contribution >= 4 is 26.2 Å². The third kappa shape index (κ3) is 39.9. The Morgan fingerprint density at radius 2 is 1.00 bits per heavy atom. The van der Waals surface area contributed by atoms with E-state index in [0.29, 0.717) is 0 Å². The molecule has 3 N–H and O–H groups in total. The monoisotopic (exact) mass is 228 g/mol. The van der Waals surface area contributed by atoms with Crippen molar-refractivity contribution in [1.82, 2.24) is 0 Å². The van der Waals surface area contributed by atoms with Crippen molar-refractivity contribution in [2.45, 2.75) is 0 Å². The van der Waals surface area contributed by atoms with Gasteiger partial charge >= 0.3 is 26.2 Å². The van der Waals surface area contributed by atoms with Crippen LogP contribution in [-0.4, -0.2) is 41.3 Å². The molecular weight excluding hydrogens is 223 g/mol. The van der Waals surface area contributed by atoms with Crippen molar-refractivity contribution < 1.29 is 55.0 Å². The van der Waals surface area contributed by atoms with Crippen LogP contribution in [0.1, 0.15) is 0 Å². The van der Waals surface area contributed by atoms with Crippen LogP contribution in [0.15, 0.2) is 0 Å². The molecule has 0 aliphatic carbocycles. The van der Waals surface area contributed by atoms with Crippen LogP contribution in [0, 0.1) is 39.9 Å². The van der Waals surface area contributed by atoms with Gasteiger partial charge in [-0.05, 0) is 0 Å². The molecule has 0 aliphatic heterocycles. The summed E-state index contributed by atoms with van der Waals surface area (Å²) >= 11 is 0. The first kappa shape index (κ1) is 15.7. The van der Waals surface area contributed by atoms with Crippen LogP contribution in [0.5, 0.6) is 0 Å². The van der Waals surface area contributed by atoms with E-state index in [0.717, 1.165) is 0 Å². The van der Waals surface area contributed by atoms with Gasteiger partial charge in [0.15, 0.2) is 0 Å². The maximum absolute atomic E-state index is 7.17. The zero-order valence-electron chi connectivity index (χ0n) is 2.27. The summed E-state index contributed by atoms with van der Waals surface area (Å²) in [7, 11) is -2.17. The molecule has 0 saturated carbocycles. The molecular formula is H4BGdLiO3. The summed E-state index contributed by atoms with van der Waals surface area (Å²) in [6.45, 7) is 0. The van der Waals surface area contributed by atoms with Crippen molar-refractivity contribution in [3.8, 4) is 0 Å². The van der Waals surface area contributed by atoms with E-state index in [9.17, 15) is 0 Å². The van der Waals surface area contributed by atoms with Gasteiger partial charge in [0.2, 0.25) is 0 Å². The van der Waals surface area contributed by atoms with Gasteiger partial charge in [-0.1, -0.05) is 0 Å². The summed E-state index contributed by atoms with van der Waals surface area (Å²) in [5, 5.41) is 21.5. The molecule has 0 rings (SSSR count). The van der Waals surface area contributed by atoms with Crippen LogP contribution < -0.4 is 0 Å². The van der Waals surface area contributed by atoms with Crippen molar-refractivity contribution in [2.75, 3.05) is 0 Å². The zero-order valence-corrected chi connectivity index (χ0v) is 4.54. The van der Waals surface area contributed by atoms with E-state index in [-0.39, 0.29) is 58.8 Å². The summed E-state index contributed by atoms with van der Waals surface area (Å²) < 4.78 is 0. The van der Waals surface area contributed by atoms with E-state index in [1.54, 1.807) is 0 Å². The second-order valence-electron chi connectivity index (χ2n) is 0.346. The predicted octanol–water partition coefficient (Wildman–Crippen LogP) is -2.70. The van der Waals surface area contributed by atoms with Crippen molar-refractivity contribution in [1.29, 1.82) is 0 Å². The Balaban J connectivity index is -0.0000000450. The van der Waals surface area contributed by atoms with Crippen LogP contribution >= 0.6 is 0 Å². The topological polar surface area (TPSA) is 60.7 Å². The standard InChI is InChI=1S/BH3O3.Gd.Li.H/c2-1(3)4;;;/h2-4H;;;. The summed E-state index contributed by atoms with van der Waals surface area (Å²) in [5.41, 5.74) is 0. The Morgan fingerprint density at radius 1 is 1.00 bits per heavy atom. The average Bonchev–Trinajstić information content (AvgIpc) is 0.811. The molecule has 0 atom stereocenters. The number of hydrogen-bond acceptors (Lipinski definition) is 3. The zero-order chi connectivity index (χ0) is 3.58. The fourth-order valence-electron chi connectivity index (χ4n) is 0. The van der Waals surface area contributed by atoms with Crippen molar-refractivity contribution in [3.63, 3.8) is 0 Å². The number of hydrogen-bond donors (Lipinski definition) is 3. The molecule has 0 amide bonds. The second kappa shape index (κ2) is 9.98. The van der Waals surface area contributed by atoms with Gasteiger partial charge in [0.05, 0.1) is 0 Å². The van der Waals surface area contributed by atoms with Gasteiger partial charge in [-0.15, -0.1) is 0 Å². The van der Waals surface area contributed by atoms with Gasteiger partial charge in [0.25, 0.3) is 0 Å². The molecule has 0 aromatic heterocycles. The Labute approximate surface area is 80.2 Å². The Kier molecular flexibility index (Phi) is 26.0. The van der Waals surface area contributed by atoms with Crippen LogP contribution in [-0.2, 0) is 0 Å². The van der Waals surface area contributed by atoms with Gasteiger partial charge in [-0.2, -0.15) is 0 Å². The number of rotatable bonds is 0. The summed E-state index contributed by atoms with van der Waals surface area (Å²) in [6.07, 6.45) is 0. The second-order valence-corrected chi connectivity index (χ2v) is 0.346. The molecule has 34 valence electrons. The Morgan fingerprint density at radius 3 is 1.00 bits per heavy atom. The summed E-state index contributed by atoms with van der Waals surface area (Å²) in [6, 6.07) is 0. The van der Waals surface area contributed by atoms with Crippen molar-refractivity contribution in [3.05, 3.63) is 0 Å². The third-order valence-electron chi connectivity index (χ3n) is 0. The summed E-state index contributed by atoms with van der Waals surface area (Å²) in [4.78, 5) is 0. The molecule has 0 radical (unpaired) electrons. The van der Waals surface area contributed by atoms with E-state index in [4.69, 9.17) is 15.1 Å². The molecule has 0 heterocycles. The van der Waals surface area contributed by atoms with Gasteiger partial charge in [-0.3, -0.25) is 0 Å². The normalized spacial score (nSPS) is 4.50. The van der Waals surface area contributed by atoms with E-state index < -0.39 is 7.32 Å².